The van der Waals surface area contributed by atoms with Crippen LogP contribution in [-0.2, 0) is 6.54 Å². The van der Waals surface area contributed by atoms with Gasteiger partial charge in [-0.3, -0.25) is 0 Å². The monoisotopic (exact) mass is 451 g/mol. The SMILES string of the molecule is CCCn1c(Sc2cc3occc3cc2I)nc2c(N)ncnc21. The highest BCUT2D eigenvalue weighted by atomic mass is 127. The first-order valence-electron chi connectivity index (χ1n) is 7.48. The lowest BCUT2D eigenvalue weighted by atomic mass is 10.3. The number of nitrogen functional groups attached to an aromatic ring is 1. The van der Waals surface area contributed by atoms with Crippen molar-refractivity contribution in [3.8, 4) is 0 Å². The summed E-state index contributed by atoms with van der Waals surface area (Å²) in [6.07, 6.45) is 4.17. The van der Waals surface area contributed by atoms with Crippen LogP contribution in [0.2, 0.25) is 0 Å². The maximum absolute atomic E-state index is 5.97. The molecule has 0 aliphatic heterocycles. The summed E-state index contributed by atoms with van der Waals surface area (Å²) in [5.41, 5.74) is 8.27. The van der Waals surface area contributed by atoms with Crippen LogP contribution in [-0.4, -0.2) is 19.5 Å². The van der Waals surface area contributed by atoms with E-state index in [-0.39, 0.29) is 0 Å². The number of hydrogen-bond acceptors (Lipinski definition) is 6. The summed E-state index contributed by atoms with van der Waals surface area (Å²) in [5, 5.41) is 1.96. The Labute approximate surface area is 156 Å². The number of imidazole rings is 1. The standard InChI is InChI=1S/C16H14IN5OS/c1-2-4-22-15-13(14(18)19-8-20-15)21-16(22)24-12-7-11-9(3-5-23-11)6-10(12)17/h3,5-8H,2,4H2,1H3,(H2,18,19,20). The summed E-state index contributed by atoms with van der Waals surface area (Å²) < 4.78 is 8.77. The van der Waals surface area contributed by atoms with E-state index in [0.29, 0.717) is 11.3 Å². The molecule has 0 amide bonds. The van der Waals surface area contributed by atoms with E-state index in [9.17, 15) is 0 Å². The fraction of sp³-hybridized carbons (Fsp3) is 0.188. The third-order valence-electron chi connectivity index (χ3n) is 3.68. The second kappa shape index (κ2) is 6.25. The predicted octanol–water partition coefficient (Wildman–Crippen LogP) is 4.32. The predicted molar refractivity (Wildman–Crippen MR) is 103 cm³/mol. The number of halogens is 1. The van der Waals surface area contributed by atoms with Gasteiger partial charge in [-0.2, -0.15) is 0 Å². The number of rotatable bonds is 4. The van der Waals surface area contributed by atoms with Crippen molar-refractivity contribution in [1.29, 1.82) is 0 Å². The maximum atomic E-state index is 5.97. The van der Waals surface area contributed by atoms with E-state index in [0.717, 1.165) is 43.2 Å². The summed E-state index contributed by atoms with van der Waals surface area (Å²) in [6.45, 7) is 2.96. The number of fused-ring (bicyclic) bond motifs is 2. The van der Waals surface area contributed by atoms with Crippen LogP contribution in [0, 0.1) is 3.57 Å². The van der Waals surface area contributed by atoms with Gasteiger partial charge in [-0.15, -0.1) is 0 Å². The molecule has 0 spiro atoms. The zero-order valence-corrected chi connectivity index (χ0v) is 15.8. The maximum Gasteiger partial charge on any atom is 0.175 e. The molecule has 0 aliphatic carbocycles. The molecule has 0 fully saturated rings. The minimum absolute atomic E-state index is 0.410. The number of nitrogens with two attached hydrogens (primary N) is 1. The lowest BCUT2D eigenvalue weighted by Gasteiger charge is -2.08. The van der Waals surface area contributed by atoms with Crippen molar-refractivity contribution < 1.29 is 4.42 Å². The van der Waals surface area contributed by atoms with Gasteiger partial charge < -0.3 is 14.7 Å². The van der Waals surface area contributed by atoms with Gasteiger partial charge >= 0.3 is 0 Å². The van der Waals surface area contributed by atoms with Crippen LogP contribution >= 0.6 is 34.4 Å². The quantitative estimate of drug-likeness (QED) is 0.466. The molecule has 2 N–H and O–H groups in total. The molecular formula is C16H14IN5OS. The molecule has 0 unspecified atom stereocenters. The Bertz CT molecular complexity index is 1040. The van der Waals surface area contributed by atoms with E-state index in [1.165, 1.54) is 6.33 Å². The van der Waals surface area contributed by atoms with Crippen LogP contribution < -0.4 is 5.73 Å². The lowest BCUT2D eigenvalue weighted by molar-refractivity contribution is 0.614. The van der Waals surface area contributed by atoms with Crippen molar-refractivity contribution in [2.24, 2.45) is 0 Å². The van der Waals surface area contributed by atoms with Gasteiger partial charge in [-0.25, -0.2) is 15.0 Å². The molecule has 122 valence electrons. The van der Waals surface area contributed by atoms with E-state index in [1.807, 2.05) is 12.1 Å². The van der Waals surface area contributed by atoms with Crippen molar-refractivity contribution in [2.75, 3.05) is 5.73 Å². The van der Waals surface area contributed by atoms with Crippen LogP contribution in [0.4, 0.5) is 5.82 Å². The third kappa shape index (κ3) is 2.63. The highest BCUT2D eigenvalue weighted by molar-refractivity contribution is 14.1. The topological polar surface area (TPSA) is 82.8 Å². The van der Waals surface area contributed by atoms with Gasteiger partial charge in [0, 0.05) is 20.4 Å². The Morgan fingerprint density at radius 2 is 2.21 bits per heavy atom. The highest BCUT2D eigenvalue weighted by Crippen LogP contribution is 2.36. The molecule has 24 heavy (non-hydrogen) atoms. The minimum Gasteiger partial charge on any atom is -0.464 e. The van der Waals surface area contributed by atoms with Crippen LogP contribution in [0.5, 0.6) is 0 Å². The lowest BCUT2D eigenvalue weighted by Crippen LogP contribution is -2.01. The van der Waals surface area contributed by atoms with Gasteiger partial charge in [0.1, 0.15) is 11.9 Å². The highest BCUT2D eigenvalue weighted by Gasteiger charge is 2.17. The van der Waals surface area contributed by atoms with E-state index >= 15 is 0 Å². The van der Waals surface area contributed by atoms with Crippen molar-refractivity contribution in [3.05, 3.63) is 34.4 Å². The summed E-state index contributed by atoms with van der Waals surface area (Å²) in [7, 11) is 0. The molecule has 0 bridgehead atoms. The number of nitrogens with zero attached hydrogens (tertiary/aromatic N) is 4. The molecule has 4 rings (SSSR count). The molecule has 1 aromatic carbocycles. The molecule has 0 atom stereocenters. The molecular weight excluding hydrogens is 437 g/mol. The zero-order chi connectivity index (χ0) is 16.7. The molecule has 0 saturated carbocycles. The number of aromatic nitrogens is 4. The molecule has 0 radical (unpaired) electrons. The Balaban J connectivity index is 1.84. The first-order valence-corrected chi connectivity index (χ1v) is 9.38. The largest absolute Gasteiger partial charge is 0.464 e. The van der Waals surface area contributed by atoms with Crippen molar-refractivity contribution in [1.82, 2.24) is 19.5 Å². The number of hydrogen-bond donors (Lipinski definition) is 1. The Hall–Kier alpha value is -1.81. The van der Waals surface area contributed by atoms with Gasteiger partial charge in [0.25, 0.3) is 0 Å². The van der Waals surface area contributed by atoms with Gasteiger partial charge in [0.2, 0.25) is 0 Å². The number of furan rings is 1. The van der Waals surface area contributed by atoms with E-state index in [4.69, 9.17) is 10.2 Å². The normalized spacial score (nSPS) is 11.6. The second-order valence-corrected chi connectivity index (χ2v) is 7.49. The van der Waals surface area contributed by atoms with Gasteiger partial charge in [0.15, 0.2) is 22.1 Å². The Kier molecular flexibility index (Phi) is 4.09. The fourth-order valence-electron chi connectivity index (χ4n) is 2.58. The number of anilines is 1. The van der Waals surface area contributed by atoms with Gasteiger partial charge in [0.05, 0.1) is 6.26 Å². The van der Waals surface area contributed by atoms with Crippen LogP contribution in [0.25, 0.3) is 22.1 Å². The molecule has 3 aromatic heterocycles. The molecule has 4 aromatic rings. The van der Waals surface area contributed by atoms with Gasteiger partial charge in [-0.05, 0) is 47.2 Å². The van der Waals surface area contributed by atoms with E-state index in [1.54, 1.807) is 18.0 Å². The smallest absolute Gasteiger partial charge is 0.175 e. The van der Waals surface area contributed by atoms with Crippen molar-refractivity contribution in [3.63, 3.8) is 0 Å². The molecule has 0 saturated heterocycles. The Morgan fingerprint density at radius 3 is 3.04 bits per heavy atom. The number of aryl methyl sites for hydroxylation is 1. The third-order valence-corrected chi connectivity index (χ3v) is 5.99. The fourth-order valence-corrected chi connectivity index (χ4v) is 4.34. The van der Waals surface area contributed by atoms with Crippen LogP contribution in [0.1, 0.15) is 13.3 Å². The van der Waals surface area contributed by atoms with Crippen LogP contribution in [0.15, 0.2) is 45.3 Å². The summed E-state index contributed by atoms with van der Waals surface area (Å²) in [6, 6.07) is 6.13. The number of benzene rings is 1. The Morgan fingerprint density at radius 1 is 1.33 bits per heavy atom. The summed E-state index contributed by atoms with van der Waals surface area (Å²) >= 11 is 3.93. The second-order valence-electron chi connectivity index (χ2n) is 5.32. The average Bonchev–Trinajstić information content (AvgIpc) is 3.14. The zero-order valence-electron chi connectivity index (χ0n) is 12.9. The molecule has 8 heteroatoms. The van der Waals surface area contributed by atoms with E-state index in [2.05, 4.69) is 55.1 Å². The molecule has 0 aliphatic rings. The first-order chi connectivity index (χ1) is 11.7. The molecule has 6 nitrogen and oxygen atoms in total. The minimum atomic E-state index is 0.410. The first kappa shape index (κ1) is 15.7. The van der Waals surface area contributed by atoms with Crippen molar-refractivity contribution >= 4 is 62.3 Å². The van der Waals surface area contributed by atoms with Crippen LogP contribution in [0.3, 0.4) is 0 Å². The average molecular weight is 451 g/mol. The summed E-state index contributed by atoms with van der Waals surface area (Å²) in [5.74, 6) is 0.410. The van der Waals surface area contributed by atoms with E-state index < -0.39 is 0 Å². The summed E-state index contributed by atoms with van der Waals surface area (Å²) in [4.78, 5) is 14.2. The molecule has 3 heterocycles. The van der Waals surface area contributed by atoms with Gasteiger partial charge in [-0.1, -0.05) is 18.7 Å². The van der Waals surface area contributed by atoms with Crippen molar-refractivity contribution in [2.45, 2.75) is 29.9 Å².